The van der Waals surface area contributed by atoms with Gasteiger partial charge >= 0.3 is 0 Å². The van der Waals surface area contributed by atoms with Crippen molar-refractivity contribution in [1.29, 1.82) is 0 Å². The van der Waals surface area contributed by atoms with Gasteiger partial charge in [0.15, 0.2) is 0 Å². The molecule has 1 aromatic carbocycles. The van der Waals surface area contributed by atoms with Gasteiger partial charge < -0.3 is 21.9 Å². The number of ether oxygens (including phenoxy) is 1. The Bertz CT molecular complexity index is 168. The van der Waals surface area contributed by atoms with Crippen LogP contribution in [0.3, 0.4) is 0 Å². The number of rotatable bonds is 4. The van der Waals surface area contributed by atoms with E-state index in [-0.39, 0.29) is 45.9 Å². The predicted molar refractivity (Wildman–Crippen MR) is 54.5 cm³/mol. The van der Waals surface area contributed by atoms with E-state index >= 15 is 0 Å². The Morgan fingerprint density at radius 1 is 1.27 bits per heavy atom. The first kappa shape index (κ1) is 17.6. The van der Waals surface area contributed by atoms with Crippen molar-refractivity contribution >= 4 is 0 Å². The molecule has 1 aromatic rings. The molecule has 0 heterocycles. The normalized spacial score (nSPS) is 10.6. The number of benzene rings is 1. The topological polar surface area (TPSA) is 49.7 Å². The molecule has 0 aliphatic carbocycles. The van der Waals surface area contributed by atoms with E-state index in [0.29, 0.717) is 6.61 Å². The van der Waals surface area contributed by atoms with Gasteiger partial charge in [0.1, 0.15) is 6.10 Å². The maximum atomic E-state index is 8.59. The maximum Gasteiger partial charge on any atom is 0.100 e. The van der Waals surface area contributed by atoms with Crippen molar-refractivity contribution in [2.45, 2.75) is 6.10 Å². The second-order valence-corrected chi connectivity index (χ2v) is 2.49. The summed E-state index contributed by atoms with van der Waals surface area (Å²) in [6, 6.07) is 12.5. The van der Waals surface area contributed by atoms with E-state index in [1.807, 2.05) is 30.3 Å². The summed E-state index contributed by atoms with van der Waals surface area (Å²) in [5.41, 5.74) is 0. The van der Waals surface area contributed by atoms with Crippen LogP contribution < -0.4 is 0 Å². The van der Waals surface area contributed by atoms with Gasteiger partial charge in [-0.05, 0) is 0 Å². The van der Waals surface area contributed by atoms with E-state index in [0.717, 1.165) is 0 Å². The van der Waals surface area contributed by atoms with Crippen LogP contribution in [-0.4, -0.2) is 36.1 Å². The van der Waals surface area contributed by atoms with E-state index in [4.69, 9.17) is 10.2 Å². The van der Waals surface area contributed by atoms with Crippen LogP contribution in [0.4, 0.5) is 0 Å². The van der Waals surface area contributed by atoms with Crippen molar-refractivity contribution in [3.63, 3.8) is 0 Å². The van der Waals surface area contributed by atoms with E-state index in [2.05, 4.69) is 17.7 Å². The molecular formula is C11H16O3Y-2. The number of hydrogen-bond acceptors (Lipinski definition) is 3. The quantitative estimate of drug-likeness (QED) is 0.800. The van der Waals surface area contributed by atoms with Crippen LogP contribution in [0.1, 0.15) is 0 Å². The Balaban J connectivity index is 0. The first-order valence-electron chi connectivity index (χ1n) is 4.38. The van der Waals surface area contributed by atoms with Crippen molar-refractivity contribution in [1.82, 2.24) is 0 Å². The predicted octanol–water partition coefficient (Wildman–Crippen LogP) is 0.675. The fourth-order valence-electron chi connectivity index (χ4n) is 0.614. The standard InChI is InChI=1S/C6H5.C5H11O3.Y/c1-2-4-6-5-3-1;1-2-8-4-5(7)3-6;/h1-5H;5-7H,1-4H2;/q2*-1;. The summed E-state index contributed by atoms with van der Waals surface area (Å²) >= 11 is 0. The number of aliphatic hydroxyl groups excluding tert-OH is 2. The first-order chi connectivity index (χ1) is 6.81. The summed E-state index contributed by atoms with van der Waals surface area (Å²) in [7, 11) is 0. The first-order valence-corrected chi connectivity index (χ1v) is 4.38. The molecule has 3 nitrogen and oxygen atoms in total. The largest absolute Gasteiger partial charge is 0.411 e. The van der Waals surface area contributed by atoms with E-state index < -0.39 is 6.10 Å². The molecule has 4 heteroatoms. The smallest absolute Gasteiger partial charge is 0.100 e. The van der Waals surface area contributed by atoms with E-state index in [1.54, 1.807) is 0 Å². The summed E-state index contributed by atoms with van der Waals surface area (Å²) in [5.74, 6) is 0. The molecule has 1 rings (SSSR count). The van der Waals surface area contributed by atoms with Gasteiger partial charge in [-0.25, -0.2) is 0 Å². The summed E-state index contributed by atoms with van der Waals surface area (Å²) < 4.78 is 4.67. The summed E-state index contributed by atoms with van der Waals surface area (Å²) in [4.78, 5) is 0. The van der Waals surface area contributed by atoms with Crippen molar-refractivity contribution in [3.8, 4) is 0 Å². The fourth-order valence-corrected chi connectivity index (χ4v) is 0.614. The average Bonchev–Trinajstić information content (AvgIpc) is 2.29. The second kappa shape index (κ2) is 14.2. The van der Waals surface area contributed by atoms with Crippen LogP contribution in [0.2, 0.25) is 0 Å². The SMILES string of the molecule is [CH2-]COCC(O)CO.[Y].[c-]1ccccc1. The Kier molecular flexibility index (Phi) is 16.7. The van der Waals surface area contributed by atoms with Crippen LogP contribution in [0, 0.1) is 13.0 Å². The van der Waals surface area contributed by atoms with Gasteiger partial charge in [-0.2, -0.15) is 36.4 Å². The van der Waals surface area contributed by atoms with Gasteiger partial charge in [0, 0.05) is 32.7 Å². The second-order valence-electron chi connectivity index (χ2n) is 2.49. The molecule has 0 fully saturated rings. The molecular weight excluding hydrogens is 269 g/mol. The van der Waals surface area contributed by atoms with Gasteiger partial charge in [0.2, 0.25) is 0 Å². The minimum Gasteiger partial charge on any atom is -0.411 e. The van der Waals surface area contributed by atoms with Crippen molar-refractivity contribution in [2.24, 2.45) is 0 Å². The molecule has 83 valence electrons. The fraction of sp³-hybridized carbons (Fsp3) is 0.364. The van der Waals surface area contributed by atoms with Crippen molar-refractivity contribution < 1.29 is 47.7 Å². The van der Waals surface area contributed by atoms with Gasteiger partial charge in [-0.3, -0.25) is 0 Å². The maximum absolute atomic E-state index is 8.59. The van der Waals surface area contributed by atoms with E-state index in [9.17, 15) is 0 Å². The Hall–Kier alpha value is 0.204. The zero-order valence-electron chi connectivity index (χ0n) is 8.67. The van der Waals surface area contributed by atoms with Crippen LogP contribution in [0.25, 0.3) is 0 Å². The summed E-state index contributed by atoms with van der Waals surface area (Å²) in [5, 5.41) is 16.8. The van der Waals surface area contributed by atoms with Gasteiger partial charge in [-0.15, -0.1) is 0 Å². The third-order valence-electron chi connectivity index (χ3n) is 1.27. The average molecular weight is 285 g/mol. The van der Waals surface area contributed by atoms with Gasteiger partial charge in [0.25, 0.3) is 0 Å². The monoisotopic (exact) mass is 285 g/mol. The van der Waals surface area contributed by atoms with Gasteiger partial charge in [0.05, 0.1) is 13.2 Å². The minimum absolute atomic E-state index is 0. The molecule has 1 atom stereocenters. The summed E-state index contributed by atoms with van der Waals surface area (Å²) in [6.07, 6.45) is -0.753. The molecule has 0 amide bonds. The van der Waals surface area contributed by atoms with Gasteiger partial charge in [-0.1, -0.05) is 6.61 Å². The third-order valence-corrected chi connectivity index (χ3v) is 1.27. The summed E-state index contributed by atoms with van der Waals surface area (Å²) in [6.45, 7) is 3.62. The molecule has 1 radical (unpaired) electrons. The molecule has 1 unspecified atom stereocenters. The van der Waals surface area contributed by atoms with Crippen molar-refractivity contribution in [2.75, 3.05) is 19.8 Å². The van der Waals surface area contributed by atoms with Crippen molar-refractivity contribution in [3.05, 3.63) is 43.3 Å². The Morgan fingerprint density at radius 3 is 2.13 bits per heavy atom. The third kappa shape index (κ3) is 14.2. The van der Waals surface area contributed by atoms with Crippen LogP contribution >= 0.6 is 0 Å². The molecule has 0 aromatic heterocycles. The Labute approximate surface area is 116 Å². The van der Waals surface area contributed by atoms with Crippen LogP contribution in [0.5, 0.6) is 0 Å². The molecule has 0 aliphatic heterocycles. The molecule has 0 bridgehead atoms. The molecule has 0 saturated carbocycles. The molecule has 0 spiro atoms. The Morgan fingerprint density at radius 2 is 1.87 bits per heavy atom. The number of hydrogen-bond donors (Lipinski definition) is 2. The van der Waals surface area contributed by atoms with Crippen LogP contribution in [0.15, 0.2) is 30.3 Å². The molecule has 0 saturated heterocycles. The number of aliphatic hydroxyl groups is 2. The van der Waals surface area contributed by atoms with Crippen LogP contribution in [-0.2, 0) is 37.4 Å². The molecule has 2 N–H and O–H groups in total. The molecule has 15 heavy (non-hydrogen) atoms. The van der Waals surface area contributed by atoms with E-state index in [1.165, 1.54) is 0 Å². The zero-order valence-corrected chi connectivity index (χ0v) is 11.5. The zero-order chi connectivity index (χ0) is 10.6. The molecule has 0 aliphatic rings. The minimum atomic E-state index is -0.753.